The predicted octanol–water partition coefficient (Wildman–Crippen LogP) is 2.08. The Morgan fingerprint density at radius 2 is 2.11 bits per heavy atom. The summed E-state index contributed by atoms with van der Waals surface area (Å²) in [6.45, 7) is 0.183. The number of nitrogens with zero attached hydrogens (tertiary/aromatic N) is 2. The molecule has 0 unspecified atom stereocenters. The molecular formula is C14H14FN3O. The zero-order chi connectivity index (χ0) is 13.8. The van der Waals surface area contributed by atoms with Crippen molar-refractivity contribution in [3.63, 3.8) is 0 Å². The van der Waals surface area contributed by atoms with Gasteiger partial charge in [0.25, 0.3) is 5.91 Å². The molecule has 0 bridgehead atoms. The predicted molar refractivity (Wildman–Crippen MR) is 70.8 cm³/mol. The van der Waals surface area contributed by atoms with E-state index in [0.717, 1.165) is 0 Å². The van der Waals surface area contributed by atoms with Crippen molar-refractivity contribution in [1.82, 2.24) is 9.88 Å². The summed E-state index contributed by atoms with van der Waals surface area (Å²) in [5, 5.41) is 0. The minimum Gasteiger partial charge on any atom is -0.399 e. The Kier molecular flexibility index (Phi) is 3.75. The minimum absolute atomic E-state index is 0.183. The smallest absolute Gasteiger partial charge is 0.272 e. The maximum absolute atomic E-state index is 13.5. The average molecular weight is 259 g/mol. The third-order valence-corrected chi connectivity index (χ3v) is 2.72. The van der Waals surface area contributed by atoms with E-state index >= 15 is 0 Å². The number of anilines is 1. The van der Waals surface area contributed by atoms with Gasteiger partial charge in [-0.15, -0.1) is 0 Å². The molecule has 0 aliphatic rings. The normalized spacial score (nSPS) is 10.2. The number of carbonyl (C=O) groups excluding carboxylic acids is 1. The van der Waals surface area contributed by atoms with Gasteiger partial charge in [0.2, 0.25) is 0 Å². The van der Waals surface area contributed by atoms with Gasteiger partial charge in [0.1, 0.15) is 11.5 Å². The average Bonchev–Trinajstić information content (AvgIpc) is 2.40. The highest BCUT2D eigenvalue weighted by Gasteiger charge is 2.14. The Morgan fingerprint density at radius 3 is 2.79 bits per heavy atom. The summed E-state index contributed by atoms with van der Waals surface area (Å²) in [5.74, 6) is -0.627. The molecule has 0 aliphatic heterocycles. The lowest BCUT2D eigenvalue weighted by atomic mass is 10.2. The van der Waals surface area contributed by atoms with Crippen molar-refractivity contribution in [2.24, 2.45) is 0 Å². The van der Waals surface area contributed by atoms with Crippen LogP contribution in [-0.2, 0) is 6.54 Å². The molecular weight excluding hydrogens is 245 g/mol. The van der Waals surface area contributed by atoms with Crippen molar-refractivity contribution in [2.75, 3.05) is 12.8 Å². The molecule has 1 amide bonds. The number of nitrogen functional groups attached to an aromatic ring is 1. The molecule has 0 atom stereocenters. The van der Waals surface area contributed by atoms with Crippen molar-refractivity contribution >= 4 is 11.6 Å². The molecule has 2 aromatic rings. The highest BCUT2D eigenvalue weighted by atomic mass is 19.1. The van der Waals surface area contributed by atoms with Crippen LogP contribution in [0.25, 0.3) is 0 Å². The van der Waals surface area contributed by atoms with Crippen LogP contribution >= 0.6 is 0 Å². The molecule has 2 N–H and O–H groups in total. The van der Waals surface area contributed by atoms with Gasteiger partial charge in [-0.2, -0.15) is 0 Å². The van der Waals surface area contributed by atoms with Gasteiger partial charge in [-0.3, -0.25) is 9.78 Å². The Labute approximate surface area is 110 Å². The van der Waals surface area contributed by atoms with Gasteiger partial charge in [-0.05, 0) is 18.2 Å². The van der Waals surface area contributed by atoms with Gasteiger partial charge in [0, 0.05) is 31.0 Å². The fourth-order valence-electron chi connectivity index (χ4n) is 1.71. The molecule has 0 radical (unpaired) electrons. The summed E-state index contributed by atoms with van der Waals surface area (Å²) in [4.78, 5) is 17.5. The molecule has 0 aliphatic carbocycles. The lowest BCUT2D eigenvalue weighted by molar-refractivity contribution is 0.0778. The van der Waals surface area contributed by atoms with Crippen molar-refractivity contribution in [1.29, 1.82) is 0 Å². The Balaban J connectivity index is 2.14. The standard InChI is InChI=1S/C14H14FN3O/c1-18(9-10-4-2-3-5-12(10)15)14(19)13-8-11(16)6-7-17-13/h2-8H,9H2,1H3,(H2,16,17). The van der Waals surface area contributed by atoms with Gasteiger partial charge in [-0.1, -0.05) is 18.2 Å². The number of hydrogen-bond acceptors (Lipinski definition) is 3. The number of carbonyl (C=O) groups is 1. The number of benzene rings is 1. The number of halogens is 1. The number of rotatable bonds is 3. The molecule has 1 aromatic carbocycles. The van der Waals surface area contributed by atoms with Gasteiger partial charge in [0.15, 0.2) is 0 Å². The zero-order valence-electron chi connectivity index (χ0n) is 10.5. The lowest BCUT2D eigenvalue weighted by Crippen LogP contribution is -2.27. The van der Waals surface area contributed by atoms with E-state index in [4.69, 9.17) is 5.73 Å². The van der Waals surface area contributed by atoms with Gasteiger partial charge in [0.05, 0.1) is 0 Å². The van der Waals surface area contributed by atoms with Crippen molar-refractivity contribution in [3.05, 3.63) is 59.7 Å². The molecule has 0 spiro atoms. The van der Waals surface area contributed by atoms with E-state index in [2.05, 4.69) is 4.98 Å². The number of nitrogens with two attached hydrogens (primary N) is 1. The second kappa shape index (κ2) is 5.48. The first-order valence-corrected chi connectivity index (χ1v) is 5.78. The summed E-state index contributed by atoms with van der Waals surface area (Å²) in [6, 6.07) is 9.46. The summed E-state index contributed by atoms with van der Waals surface area (Å²) in [7, 11) is 1.60. The first kappa shape index (κ1) is 13.0. The maximum atomic E-state index is 13.5. The van der Waals surface area contributed by atoms with E-state index in [1.165, 1.54) is 23.2 Å². The van der Waals surface area contributed by atoms with E-state index in [9.17, 15) is 9.18 Å². The molecule has 0 saturated carbocycles. The second-order valence-corrected chi connectivity index (χ2v) is 4.23. The van der Waals surface area contributed by atoms with Gasteiger partial charge >= 0.3 is 0 Å². The van der Waals surface area contributed by atoms with Gasteiger partial charge in [-0.25, -0.2) is 4.39 Å². The molecule has 4 nitrogen and oxygen atoms in total. The fourth-order valence-corrected chi connectivity index (χ4v) is 1.71. The zero-order valence-corrected chi connectivity index (χ0v) is 10.5. The van der Waals surface area contributed by atoms with Crippen LogP contribution in [-0.4, -0.2) is 22.8 Å². The van der Waals surface area contributed by atoms with Crippen LogP contribution in [0.4, 0.5) is 10.1 Å². The summed E-state index contributed by atoms with van der Waals surface area (Å²) >= 11 is 0. The van der Waals surface area contributed by atoms with Crippen LogP contribution in [0.2, 0.25) is 0 Å². The SMILES string of the molecule is CN(Cc1ccccc1F)C(=O)c1cc(N)ccn1. The number of amides is 1. The van der Waals surface area contributed by atoms with E-state index < -0.39 is 0 Å². The number of hydrogen-bond donors (Lipinski definition) is 1. The molecule has 0 saturated heterocycles. The van der Waals surface area contributed by atoms with Crippen molar-refractivity contribution < 1.29 is 9.18 Å². The minimum atomic E-state index is -0.331. The van der Waals surface area contributed by atoms with E-state index in [0.29, 0.717) is 11.3 Å². The van der Waals surface area contributed by atoms with Crippen molar-refractivity contribution in [2.45, 2.75) is 6.54 Å². The third kappa shape index (κ3) is 3.07. The largest absolute Gasteiger partial charge is 0.399 e. The van der Waals surface area contributed by atoms with Crippen LogP contribution in [0.3, 0.4) is 0 Å². The number of aromatic nitrogens is 1. The Hall–Kier alpha value is -2.43. The lowest BCUT2D eigenvalue weighted by Gasteiger charge is -2.17. The van der Waals surface area contributed by atoms with Crippen LogP contribution in [0.5, 0.6) is 0 Å². The van der Waals surface area contributed by atoms with Crippen molar-refractivity contribution in [3.8, 4) is 0 Å². The van der Waals surface area contributed by atoms with Crippen LogP contribution in [0.1, 0.15) is 16.1 Å². The quantitative estimate of drug-likeness (QED) is 0.918. The molecule has 1 aromatic heterocycles. The highest BCUT2D eigenvalue weighted by Crippen LogP contribution is 2.11. The topological polar surface area (TPSA) is 59.2 Å². The monoisotopic (exact) mass is 259 g/mol. The first-order chi connectivity index (χ1) is 9.08. The first-order valence-electron chi connectivity index (χ1n) is 5.78. The summed E-state index contributed by atoms with van der Waals surface area (Å²) in [6.07, 6.45) is 1.47. The van der Waals surface area contributed by atoms with Crippen LogP contribution in [0.15, 0.2) is 42.6 Å². The Bertz CT molecular complexity index is 601. The molecule has 98 valence electrons. The molecule has 19 heavy (non-hydrogen) atoms. The van der Waals surface area contributed by atoms with Gasteiger partial charge < -0.3 is 10.6 Å². The van der Waals surface area contributed by atoms with E-state index in [1.807, 2.05) is 0 Å². The molecule has 5 heteroatoms. The van der Waals surface area contributed by atoms with Crippen LogP contribution < -0.4 is 5.73 Å². The highest BCUT2D eigenvalue weighted by molar-refractivity contribution is 5.92. The summed E-state index contributed by atoms with van der Waals surface area (Å²) < 4.78 is 13.5. The third-order valence-electron chi connectivity index (χ3n) is 2.72. The molecule has 2 rings (SSSR count). The van der Waals surface area contributed by atoms with E-state index in [1.54, 1.807) is 31.3 Å². The Morgan fingerprint density at radius 1 is 1.37 bits per heavy atom. The fraction of sp³-hybridized carbons (Fsp3) is 0.143. The molecule has 0 fully saturated rings. The second-order valence-electron chi connectivity index (χ2n) is 4.23. The van der Waals surface area contributed by atoms with E-state index in [-0.39, 0.29) is 24.0 Å². The molecule has 1 heterocycles. The maximum Gasteiger partial charge on any atom is 0.272 e. The van der Waals surface area contributed by atoms with Crippen LogP contribution in [0, 0.1) is 5.82 Å². The number of pyridine rings is 1. The summed E-state index contributed by atoms with van der Waals surface area (Å²) in [5.41, 5.74) is 6.78.